The standard InChI is InChI=1S/C15H30N2O/c1-6-14(3)11-17(12(2)9-18-5)15(4,10-16-14)13-7-8-13/h12-13,16H,6-11H2,1-5H3. The van der Waals surface area contributed by atoms with Crippen molar-refractivity contribution in [1.29, 1.82) is 0 Å². The second-order valence-electron chi connectivity index (χ2n) is 6.83. The first-order valence-electron chi connectivity index (χ1n) is 7.46. The summed E-state index contributed by atoms with van der Waals surface area (Å²) in [6.45, 7) is 12.5. The van der Waals surface area contributed by atoms with Gasteiger partial charge in [0.2, 0.25) is 0 Å². The van der Waals surface area contributed by atoms with E-state index in [1.165, 1.54) is 19.3 Å². The second kappa shape index (κ2) is 5.10. The van der Waals surface area contributed by atoms with Crippen molar-refractivity contribution in [1.82, 2.24) is 10.2 Å². The fourth-order valence-corrected chi connectivity index (χ4v) is 3.42. The summed E-state index contributed by atoms with van der Waals surface area (Å²) in [6.07, 6.45) is 3.98. The van der Waals surface area contributed by atoms with Crippen molar-refractivity contribution >= 4 is 0 Å². The normalized spacial score (nSPS) is 39.8. The van der Waals surface area contributed by atoms with Crippen LogP contribution in [-0.2, 0) is 4.74 Å². The van der Waals surface area contributed by atoms with Crippen LogP contribution < -0.4 is 5.32 Å². The molecule has 3 unspecified atom stereocenters. The lowest BCUT2D eigenvalue weighted by Gasteiger charge is -2.55. The van der Waals surface area contributed by atoms with Gasteiger partial charge in [-0.15, -0.1) is 0 Å². The van der Waals surface area contributed by atoms with E-state index in [0.29, 0.717) is 11.6 Å². The van der Waals surface area contributed by atoms with Crippen molar-refractivity contribution in [3.05, 3.63) is 0 Å². The predicted molar refractivity (Wildman–Crippen MR) is 75.9 cm³/mol. The van der Waals surface area contributed by atoms with E-state index in [2.05, 4.69) is 37.9 Å². The van der Waals surface area contributed by atoms with Crippen LogP contribution in [0.25, 0.3) is 0 Å². The van der Waals surface area contributed by atoms with Crippen molar-refractivity contribution in [2.75, 3.05) is 26.8 Å². The van der Waals surface area contributed by atoms with Crippen LogP contribution in [0.1, 0.15) is 47.0 Å². The number of nitrogens with zero attached hydrogens (tertiary/aromatic N) is 1. The molecule has 0 aromatic rings. The van der Waals surface area contributed by atoms with Crippen molar-refractivity contribution in [2.24, 2.45) is 5.92 Å². The maximum Gasteiger partial charge on any atom is 0.0615 e. The largest absolute Gasteiger partial charge is 0.383 e. The van der Waals surface area contributed by atoms with Crippen LogP contribution in [0, 0.1) is 5.92 Å². The number of hydrogen-bond acceptors (Lipinski definition) is 3. The van der Waals surface area contributed by atoms with Gasteiger partial charge in [-0.1, -0.05) is 6.92 Å². The molecule has 1 aliphatic carbocycles. The van der Waals surface area contributed by atoms with Gasteiger partial charge in [0, 0.05) is 37.3 Å². The third-order valence-corrected chi connectivity index (χ3v) is 5.23. The van der Waals surface area contributed by atoms with E-state index in [1.807, 2.05) is 7.11 Å². The lowest BCUT2D eigenvalue weighted by atomic mass is 9.83. The number of nitrogens with one attached hydrogen (secondary N) is 1. The Bertz CT molecular complexity index is 292. The molecule has 1 saturated heterocycles. The maximum absolute atomic E-state index is 5.39. The van der Waals surface area contributed by atoms with Crippen LogP contribution in [-0.4, -0.2) is 48.8 Å². The third-order valence-electron chi connectivity index (χ3n) is 5.23. The zero-order valence-electron chi connectivity index (χ0n) is 12.8. The molecule has 0 aromatic carbocycles. The Balaban J connectivity index is 2.15. The van der Waals surface area contributed by atoms with Crippen molar-refractivity contribution in [3.63, 3.8) is 0 Å². The summed E-state index contributed by atoms with van der Waals surface area (Å²) in [5.41, 5.74) is 0.586. The number of piperazine rings is 1. The van der Waals surface area contributed by atoms with E-state index in [1.54, 1.807) is 0 Å². The molecule has 0 bridgehead atoms. The number of hydrogen-bond donors (Lipinski definition) is 1. The average Bonchev–Trinajstić information content (AvgIpc) is 3.17. The van der Waals surface area contributed by atoms with Gasteiger partial charge in [0.25, 0.3) is 0 Å². The SMILES string of the molecule is CCC1(C)CN(C(C)COC)C(C)(C2CC2)CN1. The lowest BCUT2D eigenvalue weighted by molar-refractivity contribution is -0.0419. The summed E-state index contributed by atoms with van der Waals surface area (Å²) in [7, 11) is 1.81. The van der Waals surface area contributed by atoms with Gasteiger partial charge in [0.1, 0.15) is 0 Å². The highest BCUT2D eigenvalue weighted by Crippen LogP contribution is 2.45. The van der Waals surface area contributed by atoms with Crippen LogP contribution in [0.2, 0.25) is 0 Å². The first-order valence-corrected chi connectivity index (χ1v) is 7.46. The molecule has 0 amide bonds. The zero-order valence-corrected chi connectivity index (χ0v) is 12.8. The van der Waals surface area contributed by atoms with Gasteiger partial charge in [0.15, 0.2) is 0 Å². The zero-order chi connectivity index (χ0) is 13.4. The molecule has 18 heavy (non-hydrogen) atoms. The fourth-order valence-electron chi connectivity index (χ4n) is 3.42. The van der Waals surface area contributed by atoms with E-state index < -0.39 is 0 Å². The minimum absolute atomic E-state index is 0.260. The van der Waals surface area contributed by atoms with Gasteiger partial charge in [0.05, 0.1) is 6.61 Å². The first-order chi connectivity index (χ1) is 8.45. The quantitative estimate of drug-likeness (QED) is 0.814. The Kier molecular flexibility index (Phi) is 4.05. The topological polar surface area (TPSA) is 24.5 Å². The molecule has 2 fully saturated rings. The van der Waals surface area contributed by atoms with Crippen molar-refractivity contribution in [2.45, 2.75) is 64.1 Å². The van der Waals surface area contributed by atoms with Crippen LogP contribution in [0.15, 0.2) is 0 Å². The minimum Gasteiger partial charge on any atom is -0.383 e. The molecule has 3 nitrogen and oxygen atoms in total. The fraction of sp³-hybridized carbons (Fsp3) is 1.00. The van der Waals surface area contributed by atoms with Crippen LogP contribution in [0.5, 0.6) is 0 Å². The smallest absolute Gasteiger partial charge is 0.0615 e. The monoisotopic (exact) mass is 254 g/mol. The molecule has 2 aliphatic rings. The number of methoxy groups -OCH3 is 1. The molecular weight excluding hydrogens is 224 g/mol. The molecule has 106 valence electrons. The molecule has 0 spiro atoms. The van der Waals surface area contributed by atoms with Gasteiger partial charge in [-0.2, -0.15) is 0 Å². The Morgan fingerprint density at radius 3 is 2.56 bits per heavy atom. The minimum atomic E-state index is 0.260. The highest BCUT2D eigenvalue weighted by atomic mass is 16.5. The third kappa shape index (κ3) is 2.59. The van der Waals surface area contributed by atoms with E-state index >= 15 is 0 Å². The molecule has 0 aromatic heterocycles. The Morgan fingerprint density at radius 1 is 1.39 bits per heavy atom. The van der Waals surface area contributed by atoms with Crippen LogP contribution in [0.3, 0.4) is 0 Å². The first kappa shape index (κ1) is 14.3. The lowest BCUT2D eigenvalue weighted by Crippen LogP contribution is -2.71. The highest BCUT2D eigenvalue weighted by molar-refractivity contribution is 5.08. The molecule has 3 heteroatoms. The molecule has 1 aliphatic heterocycles. The maximum atomic E-state index is 5.39. The van der Waals surface area contributed by atoms with E-state index in [0.717, 1.165) is 25.6 Å². The average molecular weight is 254 g/mol. The van der Waals surface area contributed by atoms with Crippen LogP contribution in [0.4, 0.5) is 0 Å². The van der Waals surface area contributed by atoms with Gasteiger partial charge < -0.3 is 10.1 Å². The Labute approximate surface area is 112 Å². The number of ether oxygens (including phenoxy) is 1. The van der Waals surface area contributed by atoms with E-state index in [9.17, 15) is 0 Å². The predicted octanol–water partition coefficient (Wildman–Crippen LogP) is 2.26. The summed E-state index contributed by atoms with van der Waals surface area (Å²) in [5.74, 6) is 0.880. The molecular formula is C15H30N2O. The summed E-state index contributed by atoms with van der Waals surface area (Å²) in [6, 6.07) is 0.508. The van der Waals surface area contributed by atoms with Gasteiger partial charge in [-0.3, -0.25) is 4.90 Å². The summed E-state index contributed by atoms with van der Waals surface area (Å²) in [4.78, 5) is 2.72. The van der Waals surface area contributed by atoms with E-state index in [-0.39, 0.29) is 5.54 Å². The molecule has 3 atom stereocenters. The van der Waals surface area contributed by atoms with Gasteiger partial charge >= 0.3 is 0 Å². The van der Waals surface area contributed by atoms with E-state index in [4.69, 9.17) is 4.74 Å². The Hall–Kier alpha value is -0.120. The summed E-state index contributed by atoms with van der Waals surface area (Å²) < 4.78 is 5.39. The Morgan fingerprint density at radius 2 is 2.06 bits per heavy atom. The molecule has 1 saturated carbocycles. The summed E-state index contributed by atoms with van der Waals surface area (Å²) >= 11 is 0. The number of rotatable bonds is 5. The molecule has 1 N–H and O–H groups in total. The van der Waals surface area contributed by atoms with Gasteiger partial charge in [-0.25, -0.2) is 0 Å². The second-order valence-corrected chi connectivity index (χ2v) is 6.83. The molecule has 1 heterocycles. The molecule has 0 radical (unpaired) electrons. The highest BCUT2D eigenvalue weighted by Gasteiger charge is 2.51. The van der Waals surface area contributed by atoms with Crippen molar-refractivity contribution < 1.29 is 4.74 Å². The molecule has 2 rings (SSSR count). The summed E-state index contributed by atoms with van der Waals surface area (Å²) in [5, 5.41) is 3.80. The van der Waals surface area contributed by atoms with Crippen LogP contribution >= 0.6 is 0 Å². The van der Waals surface area contributed by atoms with Gasteiger partial charge in [-0.05, 0) is 46.0 Å². The van der Waals surface area contributed by atoms with Crippen molar-refractivity contribution in [3.8, 4) is 0 Å².